The Balaban J connectivity index is 1.90. The van der Waals surface area contributed by atoms with Gasteiger partial charge in [0, 0.05) is 5.69 Å². The van der Waals surface area contributed by atoms with Crippen LogP contribution >= 0.6 is 0 Å². The van der Waals surface area contributed by atoms with Crippen LogP contribution in [-0.4, -0.2) is 33.3 Å². The maximum absolute atomic E-state index is 13.5. The zero-order valence-corrected chi connectivity index (χ0v) is 15.7. The summed E-state index contributed by atoms with van der Waals surface area (Å²) in [6.45, 7) is -0.350. The Morgan fingerprint density at radius 3 is 2.58 bits per heavy atom. The summed E-state index contributed by atoms with van der Waals surface area (Å²) < 4.78 is 56.9. The largest absolute Gasteiger partial charge is 0.467 e. The monoisotopic (exact) mass is 435 g/mol. The van der Waals surface area contributed by atoms with Crippen LogP contribution in [0.1, 0.15) is 17.0 Å². The number of hydrogen-bond acceptors (Lipinski definition) is 6. The summed E-state index contributed by atoms with van der Waals surface area (Å²) in [7, 11) is 1.34. The van der Waals surface area contributed by atoms with Crippen LogP contribution < -0.4 is 15.0 Å². The Labute approximate surface area is 172 Å². The smallest absolute Gasteiger partial charge is 0.435 e. The van der Waals surface area contributed by atoms with E-state index in [4.69, 9.17) is 10.00 Å². The van der Waals surface area contributed by atoms with Crippen molar-refractivity contribution in [2.75, 3.05) is 17.3 Å². The third-order valence-electron chi connectivity index (χ3n) is 3.94. The molecule has 0 unspecified atom stereocenters. The van der Waals surface area contributed by atoms with E-state index in [-0.39, 0.29) is 35.2 Å². The molecule has 0 radical (unpaired) electrons. The van der Waals surface area contributed by atoms with Crippen LogP contribution in [0.25, 0.3) is 0 Å². The van der Waals surface area contributed by atoms with Crippen molar-refractivity contribution in [1.29, 1.82) is 5.26 Å². The van der Waals surface area contributed by atoms with E-state index in [1.807, 2.05) is 0 Å². The van der Waals surface area contributed by atoms with Gasteiger partial charge in [-0.25, -0.2) is 19.2 Å². The second-order valence-corrected chi connectivity index (χ2v) is 6.03. The molecule has 0 bridgehead atoms. The lowest BCUT2D eigenvalue weighted by Gasteiger charge is -2.22. The van der Waals surface area contributed by atoms with E-state index in [1.165, 1.54) is 25.6 Å². The Kier molecular flexibility index (Phi) is 6.00. The van der Waals surface area contributed by atoms with Gasteiger partial charge in [0.05, 0.1) is 43.0 Å². The Hall–Kier alpha value is -4.21. The predicted molar refractivity (Wildman–Crippen MR) is 98.5 cm³/mol. The van der Waals surface area contributed by atoms with Gasteiger partial charge >= 0.3 is 18.2 Å². The number of ether oxygens (including phenoxy) is 1. The van der Waals surface area contributed by atoms with Gasteiger partial charge in [0.2, 0.25) is 0 Å². The second-order valence-electron chi connectivity index (χ2n) is 6.03. The number of benzene rings is 1. The summed E-state index contributed by atoms with van der Waals surface area (Å²) in [4.78, 5) is 21.6. The van der Waals surface area contributed by atoms with Gasteiger partial charge in [-0.2, -0.15) is 23.5 Å². The van der Waals surface area contributed by atoms with Crippen LogP contribution in [0.2, 0.25) is 0 Å². The molecule has 2 amide bonds. The summed E-state index contributed by atoms with van der Waals surface area (Å²) in [5, 5.41) is 16.8. The molecule has 0 saturated heterocycles. The van der Waals surface area contributed by atoms with Crippen LogP contribution in [0.4, 0.5) is 33.7 Å². The fourth-order valence-electron chi connectivity index (χ4n) is 2.47. The average Bonchev–Trinajstić information content (AvgIpc) is 3.23. The molecule has 13 heteroatoms. The maximum atomic E-state index is 13.5. The lowest BCUT2D eigenvalue weighted by molar-refractivity contribution is -0.141. The molecular weight excluding hydrogens is 422 g/mol. The summed E-state index contributed by atoms with van der Waals surface area (Å²) in [5.41, 5.74) is -1.23. The first-order chi connectivity index (χ1) is 14.7. The SMILES string of the molecule is COc1ncc(N(Cc2cc(C(F)(F)F)n[nH]2)C(=O)Nc2ccc(F)c(C#N)c2)cn1. The van der Waals surface area contributed by atoms with E-state index in [0.29, 0.717) is 0 Å². The third-order valence-corrected chi connectivity index (χ3v) is 3.94. The lowest BCUT2D eigenvalue weighted by atomic mass is 10.2. The van der Waals surface area contributed by atoms with Gasteiger partial charge in [-0.1, -0.05) is 0 Å². The molecular formula is C18H13F4N7O2. The number of rotatable bonds is 5. The quantitative estimate of drug-likeness (QED) is 0.592. The molecule has 0 saturated carbocycles. The van der Waals surface area contributed by atoms with Gasteiger partial charge in [0.1, 0.15) is 11.9 Å². The Morgan fingerprint density at radius 2 is 2.00 bits per heavy atom. The van der Waals surface area contributed by atoms with Crippen molar-refractivity contribution < 1.29 is 27.1 Å². The number of methoxy groups -OCH3 is 1. The summed E-state index contributed by atoms with van der Waals surface area (Å²) >= 11 is 0. The number of aromatic amines is 1. The number of aromatic nitrogens is 4. The molecule has 3 rings (SSSR count). The number of alkyl halides is 3. The fourth-order valence-corrected chi connectivity index (χ4v) is 2.47. The van der Waals surface area contributed by atoms with Gasteiger partial charge in [0.15, 0.2) is 5.69 Å². The number of carbonyl (C=O) groups is 1. The number of carbonyl (C=O) groups excluding carboxylic acids is 1. The summed E-state index contributed by atoms with van der Waals surface area (Å²) in [6, 6.07) is 4.97. The zero-order chi connectivity index (χ0) is 22.6. The van der Waals surface area contributed by atoms with E-state index >= 15 is 0 Å². The van der Waals surface area contributed by atoms with Crippen molar-refractivity contribution in [2.45, 2.75) is 12.7 Å². The first-order valence-electron chi connectivity index (χ1n) is 8.47. The molecule has 31 heavy (non-hydrogen) atoms. The van der Waals surface area contributed by atoms with Gasteiger partial charge < -0.3 is 10.1 Å². The fraction of sp³-hybridized carbons (Fsp3) is 0.167. The number of nitrogens with one attached hydrogen (secondary N) is 2. The van der Waals surface area contributed by atoms with Crippen LogP contribution in [0, 0.1) is 17.1 Å². The number of hydrogen-bond donors (Lipinski definition) is 2. The van der Waals surface area contributed by atoms with Crippen molar-refractivity contribution in [1.82, 2.24) is 20.2 Å². The van der Waals surface area contributed by atoms with Crippen molar-refractivity contribution in [3.63, 3.8) is 0 Å². The van der Waals surface area contributed by atoms with E-state index in [9.17, 15) is 22.4 Å². The van der Waals surface area contributed by atoms with Crippen molar-refractivity contribution >= 4 is 17.4 Å². The van der Waals surface area contributed by atoms with Crippen LogP contribution in [0.15, 0.2) is 36.7 Å². The minimum atomic E-state index is -4.66. The molecule has 2 aromatic heterocycles. The number of halogens is 4. The summed E-state index contributed by atoms with van der Waals surface area (Å²) in [5.74, 6) is -0.766. The molecule has 3 aromatic rings. The molecule has 1 aromatic carbocycles. The number of amides is 2. The molecule has 0 aliphatic heterocycles. The molecule has 0 fully saturated rings. The van der Waals surface area contributed by atoms with E-state index < -0.39 is 23.7 Å². The number of nitrogens with zero attached hydrogens (tertiary/aromatic N) is 5. The van der Waals surface area contributed by atoms with Crippen molar-refractivity contribution in [2.24, 2.45) is 0 Å². The van der Waals surface area contributed by atoms with Crippen molar-refractivity contribution in [3.8, 4) is 12.1 Å². The molecule has 2 N–H and O–H groups in total. The first-order valence-corrected chi connectivity index (χ1v) is 8.47. The van der Waals surface area contributed by atoms with Crippen LogP contribution in [0.5, 0.6) is 6.01 Å². The van der Waals surface area contributed by atoms with Gasteiger partial charge in [-0.15, -0.1) is 0 Å². The highest BCUT2D eigenvalue weighted by atomic mass is 19.4. The molecule has 9 nitrogen and oxygen atoms in total. The normalized spacial score (nSPS) is 11.0. The third kappa shape index (κ3) is 5.04. The van der Waals surface area contributed by atoms with E-state index in [0.717, 1.165) is 23.1 Å². The zero-order valence-electron chi connectivity index (χ0n) is 15.7. The maximum Gasteiger partial charge on any atom is 0.435 e. The minimum absolute atomic E-state index is 0.0159. The summed E-state index contributed by atoms with van der Waals surface area (Å²) in [6.07, 6.45) is -2.19. The lowest BCUT2D eigenvalue weighted by Crippen LogP contribution is -2.35. The number of H-pyrrole nitrogens is 1. The first kappa shape index (κ1) is 21.5. The van der Waals surface area contributed by atoms with Gasteiger partial charge in [-0.3, -0.25) is 10.00 Å². The Morgan fingerprint density at radius 1 is 1.29 bits per heavy atom. The molecule has 0 spiro atoms. The molecule has 2 heterocycles. The number of urea groups is 1. The minimum Gasteiger partial charge on any atom is -0.467 e. The molecule has 0 aliphatic carbocycles. The standard InChI is InChI=1S/C18H13F4N7O2/c1-31-16-24-7-13(8-25-16)29(9-12-5-15(28-27-12)18(20,21)22)17(30)26-11-2-3-14(19)10(4-11)6-23/h2-5,7-8H,9H2,1H3,(H,26,30)(H,27,28). The Bertz CT molecular complexity index is 1120. The highest BCUT2D eigenvalue weighted by Gasteiger charge is 2.34. The predicted octanol–water partition coefficient (Wildman–Crippen LogP) is 3.48. The van der Waals surface area contributed by atoms with Crippen molar-refractivity contribution in [3.05, 3.63) is 59.4 Å². The number of anilines is 2. The van der Waals surface area contributed by atoms with E-state index in [1.54, 1.807) is 6.07 Å². The average molecular weight is 435 g/mol. The topological polar surface area (TPSA) is 120 Å². The second kappa shape index (κ2) is 8.66. The molecule has 0 atom stereocenters. The van der Waals surface area contributed by atoms with Gasteiger partial charge in [0.25, 0.3) is 0 Å². The highest BCUT2D eigenvalue weighted by molar-refractivity contribution is 6.01. The molecule has 0 aliphatic rings. The van der Waals surface area contributed by atoms with E-state index in [2.05, 4.69) is 25.5 Å². The number of nitriles is 1. The van der Waals surface area contributed by atoms with Crippen LogP contribution in [0.3, 0.4) is 0 Å². The molecule has 160 valence electrons. The highest BCUT2D eigenvalue weighted by Crippen LogP contribution is 2.28. The van der Waals surface area contributed by atoms with Crippen LogP contribution in [-0.2, 0) is 12.7 Å². The van der Waals surface area contributed by atoms with Gasteiger partial charge in [-0.05, 0) is 24.3 Å².